The molecular formula is C15H17N3S. The Balaban J connectivity index is 1.68. The fourth-order valence-electron chi connectivity index (χ4n) is 2.23. The second-order valence-electron chi connectivity index (χ2n) is 4.72. The lowest BCUT2D eigenvalue weighted by atomic mass is 10.2. The normalized spacial score (nSPS) is 19.1. The second-order valence-corrected chi connectivity index (χ2v) is 5.87. The monoisotopic (exact) mass is 271 g/mol. The molecule has 1 atom stereocenters. The number of benzene rings is 1. The fourth-order valence-corrected chi connectivity index (χ4v) is 3.30. The molecule has 1 N–H and O–H groups in total. The number of rotatable bonds is 3. The van der Waals surface area contributed by atoms with Gasteiger partial charge in [0, 0.05) is 17.4 Å². The zero-order valence-corrected chi connectivity index (χ0v) is 11.6. The van der Waals surface area contributed by atoms with Crippen molar-refractivity contribution < 1.29 is 0 Å². The van der Waals surface area contributed by atoms with Gasteiger partial charge in [-0.15, -0.1) is 0 Å². The van der Waals surface area contributed by atoms with Crippen LogP contribution in [0, 0.1) is 0 Å². The topological polar surface area (TPSA) is 37.8 Å². The van der Waals surface area contributed by atoms with Crippen LogP contribution in [0.1, 0.15) is 12.8 Å². The van der Waals surface area contributed by atoms with Crippen molar-refractivity contribution in [3.05, 3.63) is 42.7 Å². The highest BCUT2D eigenvalue weighted by Gasteiger charge is 2.13. The molecule has 4 heteroatoms. The van der Waals surface area contributed by atoms with E-state index in [1.165, 1.54) is 24.3 Å². The summed E-state index contributed by atoms with van der Waals surface area (Å²) in [6.45, 7) is 0. The van der Waals surface area contributed by atoms with E-state index >= 15 is 0 Å². The molecule has 1 saturated heterocycles. The number of nitrogens with zero attached hydrogens (tertiary/aromatic N) is 2. The number of nitrogens with one attached hydrogen (secondary N) is 1. The van der Waals surface area contributed by atoms with Crippen LogP contribution in [0.25, 0.3) is 11.4 Å². The van der Waals surface area contributed by atoms with Crippen LogP contribution in [-0.2, 0) is 0 Å². The molecular weight excluding hydrogens is 254 g/mol. The van der Waals surface area contributed by atoms with Crippen molar-refractivity contribution in [3.8, 4) is 11.4 Å². The van der Waals surface area contributed by atoms with Gasteiger partial charge in [-0.3, -0.25) is 0 Å². The fraction of sp³-hybridized carbons (Fsp3) is 0.333. The van der Waals surface area contributed by atoms with Crippen LogP contribution >= 0.6 is 11.8 Å². The first-order valence-electron chi connectivity index (χ1n) is 6.63. The maximum absolute atomic E-state index is 4.43. The van der Waals surface area contributed by atoms with E-state index in [9.17, 15) is 0 Å². The summed E-state index contributed by atoms with van der Waals surface area (Å²) >= 11 is 2.02. The van der Waals surface area contributed by atoms with Crippen LogP contribution in [0.3, 0.4) is 0 Å². The lowest BCUT2D eigenvalue weighted by molar-refractivity contribution is 0.684. The Morgan fingerprint density at radius 2 is 1.89 bits per heavy atom. The third-order valence-electron chi connectivity index (χ3n) is 3.21. The molecule has 1 aliphatic rings. The molecule has 1 aromatic heterocycles. The Bertz CT molecular complexity index is 507. The Hall–Kier alpha value is -1.55. The Morgan fingerprint density at radius 1 is 1.11 bits per heavy atom. The van der Waals surface area contributed by atoms with Gasteiger partial charge < -0.3 is 5.32 Å². The van der Waals surface area contributed by atoms with Crippen LogP contribution in [0.4, 0.5) is 5.69 Å². The van der Waals surface area contributed by atoms with Gasteiger partial charge in [0.1, 0.15) is 0 Å². The van der Waals surface area contributed by atoms with Gasteiger partial charge in [-0.25, -0.2) is 9.97 Å². The molecule has 0 bridgehead atoms. The first kappa shape index (κ1) is 12.5. The molecule has 19 heavy (non-hydrogen) atoms. The number of aromatic nitrogens is 2. The van der Waals surface area contributed by atoms with E-state index in [-0.39, 0.29) is 0 Å². The quantitative estimate of drug-likeness (QED) is 0.928. The minimum atomic E-state index is 0.560. The highest BCUT2D eigenvalue weighted by atomic mass is 32.2. The SMILES string of the molecule is c1ccc(-c2ncc(NC3CCCSC3)cn2)cc1. The Morgan fingerprint density at radius 3 is 2.58 bits per heavy atom. The molecule has 1 aromatic carbocycles. The molecule has 3 nitrogen and oxygen atoms in total. The molecule has 0 spiro atoms. The first-order valence-corrected chi connectivity index (χ1v) is 7.79. The lowest BCUT2D eigenvalue weighted by Crippen LogP contribution is -2.25. The lowest BCUT2D eigenvalue weighted by Gasteiger charge is -2.23. The van der Waals surface area contributed by atoms with E-state index in [4.69, 9.17) is 0 Å². The van der Waals surface area contributed by atoms with Crippen molar-refractivity contribution in [1.82, 2.24) is 9.97 Å². The first-order chi connectivity index (χ1) is 9.42. The number of hydrogen-bond acceptors (Lipinski definition) is 4. The van der Waals surface area contributed by atoms with Gasteiger partial charge >= 0.3 is 0 Å². The molecule has 1 fully saturated rings. The highest BCUT2D eigenvalue weighted by Crippen LogP contribution is 2.21. The van der Waals surface area contributed by atoms with Crippen LogP contribution in [0.2, 0.25) is 0 Å². The molecule has 0 aliphatic carbocycles. The van der Waals surface area contributed by atoms with Gasteiger partial charge in [-0.05, 0) is 18.6 Å². The average molecular weight is 271 g/mol. The van der Waals surface area contributed by atoms with Gasteiger partial charge in [-0.1, -0.05) is 30.3 Å². The Labute approximate surface area is 117 Å². The summed E-state index contributed by atoms with van der Waals surface area (Å²) < 4.78 is 0. The number of thioether (sulfide) groups is 1. The average Bonchev–Trinajstić information content (AvgIpc) is 2.50. The number of hydrogen-bond donors (Lipinski definition) is 1. The zero-order chi connectivity index (χ0) is 12.9. The van der Waals surface area contributed by atoms with E-state index in [0.717, 1.165) is 17.1 Å². The molecule has 1 unspecified atom stereocenters. The maximum Gasteiger partial charge on any atom is 0.159 e. The summed E-state index contributed by atoms with van der Waals surface area (Å²) in [4.78, 5) is 8.87. The van der Waals surface area contributed by atoms with Gasteiger partial charge in [0.2, 0.25) is 0 Å². The summed E-state index contributed by atoms with van der Waals surface area (Å²) in [6, 6.07) is 10.6. The second kappa shape index (κ2) is 6.06. The van der Waals surface area contributed by atoms with Gasteiger partial charge in [0.05, 0.1) is 18.1 Å². The third-order valence-corrected chi connectivity index (χ3v) is 4.43. The largest absolute Gasteiger partial charge is 0.379 e. The van der Waals surface area contributed by atoms with Crippen LogP contribution in [0.15, 0.2) is 42.7 Å². The highest BCUT2D eigenvalue weighted by molar-refractivity contribution is 7.99. The number of anilines is 1. The van der Waals surface area contributed by atoms with Gasteiger partial charge in [0.25, 0.3) is 0 Å². The van der Waals surface area contributed by atoms with E-state index in [2.05, 4.69) is 15.3 Å². The summed E-state index contributed by atoms with van der Waals surface area (Å²) in [5.41, 5.74) is 2.08. The summed E-state index contributed by atoms with van der Waals surface area (Å²) in [5, 5.41) is 3.51. The minimum Gasteiger partial charge on any atom is -0.379 e. The molecule has 0 saturated carbocycles. The van der Waals surface area contributed by atoms with Gasteiger partial charge in [-0.2, -0.15) is 11.8 Å². The molecule has 0 radical (unpaired) electrons. The maximum atomic E-state index is 4.43. The molecule has 2 aromatic rings. The molecule has 98 valence electrons. The van der Waals surface area contributed by atoms with Crippen molar-refractivity contribution in [2.75, 3.05) is 16.8 Å². The van der Waals surface area contributed by atoms with E-state index in [1.54, 1.807) is 0 Å². The summed E-state index contributed by atoms with van der Waals surface area (Å²) in [5.74, 6) is 3.26. The van der Waals surface area contributed by atoms with Crippen LogP contribution < -0.4 is 5.32 Å². The van der Waals surface area contributed by atoms with E-state index in [0.29, 0.717) is 6.04 Å². The molecule has 2 heterocycles. The molecule has 1 aliphatic heterocycles. The Kier molecular flexibility index (Phi) is 3.98. The van der Waals surface area contributed by atoms with Crippen molar-refractivity contribution in [3.63, 3.8) is 0 Å². The van der Waals surface area contributed by atoms with E-state index in [1.807, 2.05) is 54.5 Å². The van der Waals surface area contributed by atoms with Crippen LogP contribution in [-0.4, -0.2) is 27.5 Å². The third kappa shape index (κ3) is 3.26. The summed E-state index contributed by atoms with van der Waals surface area (Å²) in [7, 11) is 0. The van der Waals surface area contributed by atoms with Crippen LogP contribution in [0.5, 0.6) is 0 Å². The van der Waals surface area contributed by atoms with Crippen molar-refractivity contribution in [2.45, 2.75) is 18.9 Å². The zero-order valence-electron chi connectivity index (χ0n) is 10.7. The van der Waals surface area contributed by atoms with Crippen molar-refractivity contribution in [2.24, 2.45) is 0 Å². The smallest absolute Gasteiger partial charge is 0.159 e. The van der Waals surface area contributed by atoms with E-state index < -0.39 is 0 Å². The van der Waals surface area contributed by atoms with Crippen molar-refractivity contribution >= 4 is 17.4 Å². The molecule has 0 amide bonds. The molecule has 3 rings (SSSR count). The predicted molar refractivity (Wildman–Crippen MR) is 81.4 cm³/mol. The predicted octanol–water partition coefficient (Wildman–Crippen LogP) is 3.45. The minimum absolute atomic E-state index is 0.560. The van der Waals surface area contributed by atoms with Gasteiger partial charge in [0.15, 0.2) is 5.82 Å². The van der Waals surface area contributed by atoms with Crippen molar-refractivity contribution in [1.29, 1.82) is 0 Å². The summed E-state index contributed by atoms with van der Waals surface area (Å²) in [6.07, 6.45) is 6.31. The standard InChI is InChI=1S/C15H17N3S/c1-2-5-12(6-3-1)15-16-9-14(10-17-15)18-13-7-4-8-19-11-13/h1-3,5-6,9-10,13,18H,4,7-8,11H2.